The van der Waals surface area contributed by atoms with Crippen LogP contribution >= 0.6 is 11.8 Å². The minimum Gasteiger partial charge on any atom is -0.497 e. The average molecular weight is 317 g/mol. The van der Waals surface area contributed by atoms with Crippen molar-refractivity contribution in [1.29, 1.82) is 0 Å². The fourth-order valence-corrected chi connectivity index (χ4v) is 3.84. The molecule has 2 aromatic carbocycles. The van der Waals surface area contributed by atoms with Gasteiger partial charge in [-0.2, -0.15) is 0 Å². The molecule has 1 N–H and O–H groups in total. The highest BCUT2D eigenvalue weighted by molar-refractivity contribution is 7.99. The van der Waals surface area contributed by atoms with Gasteiger partial charge in [0, 0.05) is 9.79 Å². The van der Waals surface area contributed by atoms with Crippen LogP contribution in [0.2, 0.25) is 0 Å². The zero-order chi connectivity index (χ0) is 15.4. The molecule has 2 aromatic rings. The van der Waals surface area contributed by atoms with E-state index in [1.807, 2.05) is 30.3 Å². The minimum atomic E-state index is -0.146. The monoisotopic (exact) mass is 317 g/mol. The first-order chi connectivity index (χ1) is 10.8. The fraction of sp³-hybridized carbons (Fsp3) is 0.333. The molecule has 1 aliphatic heterocycles. The van der Waals surface area contributed by atoms with Gasteiger partial charge in [0.15, 0.2) is 0 Å². The zero-order valence-electron chi connectivity index (χ0n) is 12.6. The van der Waals surface area contributed by atoms with Crippen molar-refractivity contribution in [2.24, 2.45) is 0 Å². The van der Waals surface area contributed by atoms with Gasteiger partial charge >= 0.3 is 0 Å². The third kappa shape index (κ3) is 3.62. The second-order valence-corrected chi connectivity index (χ2v) is 6.60. The molecule has 0 unspecified atom stereocenters. The third-order valence-corrected chi connectivity index (χ3v) is 5.14. The van der Waals surface area contributed by atoms with Crippen molar-refractivity contribution in [3.63, 3.8) is 0 Å². The summed E-state index contributed by atoms with van der Waals surface area (Å²) in [4.78, 5) is 2.29. The van der Waals surface area contributed by atoms with Gasteiger partial charge in [0.05, 0.1) is 7.11 Å². The predicted molar refractivity (Wildman–Crippen MR) is 88.4 cm³/mol. The Bertz CT molecular complexity index is 623. The van der Waals surface area contributed by atoms with E-state index in [9.17, 15) is 4.39 Å². The molecule has 1 fully saturated rings. The maximum absolute atomic E-state index is 13.7. The molecule has 4 heteroatoms. The summed E-state index contributed by atoms with van der Waals surface area (Å²) in [6.45, 7) is 2.02. The molecular formula is C18H20FNOS. The lowest BCUT2D eigenvalue weighted by atomic mass is 9.90. The molecule has 0 spiro atoms. The third-order valence-electron chi connectivity index (χ3n) is 4.04. The quantitative estimate of drug-likeness (QED) is 0.900. The van der Waals surface area contributed by atoms with Crippen LogP contribution in [-0.4, -0.2) is 20.2 Å². The predicted octanol–water partition coefficient (Wildman–Crippen LogP) is 4.45. The molecule has 1 aliphatic rings. The first-order valence-electron chi connectivity index (χ1n) is 7.58. The van der Waals surface area contributed by atoms with Crippen molar-refractivity contribution in [2.45, 2.75) is 28.6 Å². The van der Waals surface area contributed by atoms with Crippen molar-refractivity contribution in [2.75, 3.05) is 20.2 Å². The van der Waals surface area contributed by atoms with Crippen LogP contribution in [0.4, 0.5) is 4.39 Å². The van der Waals surface area contributed by atoms with Crippen molar-refractivity contribution in [3.05, 3.63) is 53.8 Å². The van der Waals surface area contributed by atoms with Crippen LogP contribution in [0.15, 0.2) is 52.3 Å². The number of ether oxygens (including phenoxy) is 1. The second kappa shape index (κ2) is 7.16. The molecule has 0 aliphatic carbocycles. The molecule has 0 amide bonds. The number of nitrogens with one attached hydrogen (secondary N) is 1. The molecule has 1 saturated heterocycles. The SMILES string of the molecule is COc1ccc(Sc2ccc(F)cc2C2CCNCC2)cc1. The Kier molecular flexibility index (Phi) is 5.01. The van der Waals surface area contributed by atoms with Gasteiger partial charge in [-0.05, 0) is 79.9 Å². The van der Waals surface area contributed by atoms with Gasteiger partial charge in [0.1, 0.15) is 11.6 Å². The van der Waals surface area contributed by atoms with E-state index >= 15 is 0 Å². The van der Waals surface area contributed by atoms with Crippen molar-refractivity contribution in [1.82, 2.24) is 5.32 Å². The van der Waals surface area contributed by atoms with Crippen LogP contribution in [0.5, 0.6) is 5.75 Å². The highest BCUT2D eigenvalue weighted by Crippen LogP contribution is 2.37. The molecular weight excluding hydrogens is 297 g/mol. The lowest BCUT2D eigenvalue weighted by Crippen LogP contribution is -2.26. The lowest BCUT2D eigenvalue weighted by molar-refractivity contribution is 0.414. The van der Waals surface area contributed by atoms with Crippen molar-refractivity contribution in [3.8, 4) is 5.75 Å². The Labute approximate surface area is 135 Å². The van der Waals surface area contributed by atoms with Gasteiger partial charge in [0.2, 0.25) is 0 Å². The molecule has 1 heterocycles. The Morgan fingerprint density at radius 2 is 1.82 bits per heavy atom. The second-order valence-electron chi connectivity index (χ2n) is 5.48. The molecule has 116 valence electrons. The molecule has 2 nitrogen and oxygen atoms in total. The number of halogens is 1. The molecule has 0 radical (unpaired) electrons. The minimum absolute atomic E-state index is 0.146. The summed E-state index contributed by atoms with van der Waals surface area (Å²) in [5, 5.41) is 3.37. The van der Waals surface area contributed by atoms with E-state index in [1.54, 1.807) is 31.0 Å². The maximum Gasteiger partial charge on any atom is 0.123 e. The van der Waals surface area contributed by atoms with E-state index < -0.39 is 0 Å². The van der Waals surface area contributed by atoms with E-state index in [0.29, 0.717) is 5.92 Å². The van der Waals surface area contributed by atoms with Crippen LogP contribution < -0.4 is 10.1 Å². The van der Waals surface area contributed by atoms with Crippen molar-refractivity contribution < 1.29 is 9.13 Å². The molecule has 0 saturated carbocycles. The fourth-order valence-electron chi connectivity index (χ4n) is 2.83. The number of methoxy groups -OCH3 is 1. The highest BCUT2D eigenvalue weighted by atomic mass is 32.2. The number of piperidine rings is 1. The van der Waals surface area contributed by atoms with Crippen LogP contribution in [0.3, 0.4) is 0 Å². The maximum atomic E-state index is 13.7. The first-order valence-corrected chi connectivity index (χ1v) is 8.40. The van der Waals surface area contributed by atoms with Crippen LogP contribution in [0, 0.1) is 5.82 Å². The summed E-state index contributed by atoms with van der Waals surface area (Å²) in [6.07, 6.45) is 2.14. The molecule has 0 bridgehead atoms. The Morgan fingerprint density at radius 3 is 2.50 bits per heavy atom. The summed E-state index contributed by atoms with van der Waals surface area (Å²) in [6, 6.07) is 13.2. The number of hydrogen-bond acceptors (Lipinski definition) is 3. The molecule has 22 heavy (non-hydrogen) atoms. The van der Waals surface area contributed by atoms with E-state index in [4.69, 9.17) is 4.74 Å². The summed E-state index contributed by atoms with van der Waals surface area (Å²) in [7, 11) is 1.66. The normalized spacial score (nSPS) is 15.7. The van der Waals surface area contributed by atoms with Gasteiger partial charge in [-0.1, -0.05) is 11.8 Å². The summed E-state index contributed by atoms with van der Waals surface area (Å²) in [5.41, 5.74) is 1.14. The van der Waals surface area contributed by atoms with E-state index in [1.165, 1.54) is 0 Å². The standard InChI is InChI=1S/C18H20FNOS/c1-21-15-3-5-16(6-4-15)22-18-7-2-14(19)12-17(18)13-8-10-20-11-9-13/h2-7,12-13,20H,8-11H2,1H3. The topological polar surface area (TPSA) is 21.3 Å². The van der Waals surface area contributed by atoms with Crippen molar-refractivity contribution >= 4 is 11.8 Å². The molecule has 0 atom stereocenters. The first kappa shape index (κ1) is 15.4. The Hall–Kier alpha value is -1.52. The molecule has 3 rings (SSSR count). The van der Waals surface area contributed by atoms with Gasteiger partial charge in [-0.25, -0.2) is 4.39 Å². The van der Waals surface area contributed by atoms with E-state index in [-0.39, 0.29) is 5.82 Å². The highest BCUT2D eigenvalue weighted by Gasteiger charge is 2.19. The van der Waals surface area contributed by atoms with Gasteiger partial charge in [-0.3, -0.25) is 0 Å². The number of hydrogen-bond donors (Lipinski definition) is 1. The van der Waals surface area contributed by atoms with Crippen LogP contribution in [-0.2, 0) is 0 Å². The number of rotatable bonds is 4. The van der Waals surface area contributed by atoms with E-state index in [0.717, 1.165) is 47.0 Å². The molecule has 0 aromatic heterocycles. The lowest BCUT2D eigenvalue weighted by Gasteiger charge is -2.25. The smallest absolute Gasteiger partial charge is 0.123 e. The number of benzene rings is 2. The van der Waals surface area contributed by atoms with Gasteiger partial charge in [0.25, 0.3) is 0 Å². The average Bonchev–Trinajstić information content (AvgIpc) is 2.58. The summed E-state index contributed by atoms with van der Waals surface area (Å²) in [5.74, 6) is 1.15. The zero-order valence-corrected chi connectivity index (χ0v) is 13.5. The van der Waals surface area contributed by atoms with Crippen LogP contribution in [0.25, 0.3) is 0 Å². The summed E-state index contributed by atoms with van der Waals surface area (Å²) >= 11 is 1.69. The van der Waals surface area contributed by atoms with Gasteiger partial charge < -0.3 is 10.1 Å². The van der Waals surface area contributed by atoms with Crippen LogP contribution in [0.1, 0.15) is 24.3 Å². The summed E-state index contributed by atoms with van der Waals surface area (Å²) < 4.78 is 18.9. The van der Waals surface area contributed by atoms with Gasteiger partial charge in [-0.15, -0.1) is 0 Å². The van der Waals surface area contributed by atoms with E-state index in [2.05, 4.69) is 5.32 Å². The Morgan fingerprint density at radius 1 is 1.09 bits per heavy atom. The Balaban J connectivity index is 1.85. The largest absolute Gasteiger partial charge is 0.497 e.